The molecule has 0 aromatic heterocycles. The second-order valence-corrected chi connectivity index (χ2v) is 4.42. The van der Waals surface area contributed by atoms with Crippen LogP contribution in [0, 0.1) is 0 Å². The summed E-state index contributed by atoms with van der Waals surface area (Å²) in [5, 5.41) is 3.53. The summed E-state index contributed by atoms with van der Waals surface area (Å²) in [4.78, 5) is 0. The summed E-state index contributed by atoms with van der Waals surface area (Å²) in [6, 6.07) is 18.8. The minimum atomic E-state index is 0.118. The highest BCUT2D eigenvalue weighted by atomic mass is 14.9. The number of hydrogen-bond acceptors (Lipinski definition) is 1. The third-order valence-electron chi connectivity index (χ3n) is 3.09. The van der Waals surface area contributed by atoms with Gasteiger partial charge in [-0.25, -0.2) is 0 Å². The van der Waals surface area contributed by atoms with Gasteiger partial charge in [0.25, 0.3) is 0 Å². The zero-order chi connectivity index (χ0) is 13.5. The lowest BCUT2D eigenvalue weighted by atomic mass is 10.0. The first-order chi connectivity index (χ1) is 9.35. The Morgan fingerprint density at radius 3 is 2.32 bits per heavy atom. The van der Waals surface area contributed by atoms with Gasteiger partial charge in [-0.3, -0.25) is 0 Å². The molecule has 0 bridgehead atoms. The first-order valence-electron chi connectivity index (χ1n) is 6.48. The van der Waals surface area contributed by atoms with Crippen LogP contribution >= 0.6 is 0 Å². The summed E-state index contributed by atoms with van der Waals surface area (Å²) in [6.45, 7) is 7.73. The molecule has 0 aliphatic carbocycles. The van der Waals surface area contributed by atoms with Crippen LogP contribution in [0.5, 0.6) is 0 Å². The Labute approximate surface area is 115 Å². The van der Waals surface area contributed by atoms with E-state index < -0.39 is 0 Å². The van der Waals surface area contributed by atoms with Crippen molar-refractivity contribution in [2.24, 2.45) is 0 Å². The van der Waals surface area contributed by atoms with Gasteiger partial charge >= 0.3 is 0 Å². The minimum absolute atomic E-state index is 0.118. The van der Waals surface area contributed by atoms with Gasteiger partial charge in [-0.15, -0.1) is 13.2 Å². The van der Waals surface area contributed by atoms with Gasteiger partial charge in [0, 0.05) is 5.69 Å². The van der Waals surface area contributed by atoms with Crippen LogP contribution in [0.4, 0.5) is 5.69 Å². The molecule has 19 heavy (non-hydrogen) atoms. The van der Waals surface area contributed by atoms with E-state index in [0.717, 1.165) is 12.1 Å². The molecule has 0 amide bonds. The zero-order valence-corrected chi connectivity index (χ0v) is 11.0. The second kappa shape index (κ2) is 6.60. The van der Waals surface area contributed by atoms with Crippen molar-refractivity contribution in [2.45, 2.75) is 12.5 Å². The number of rotatable bonds is 6. The van der Waals surface area contributed by atoms with E-state index in [1.165, 1.54) is 11.1 Å². The van der Waals surface area contributed by atoms with Crippen molar-refractivity contribution in [3.63, 3.8) is 0 Å². The predicted molar refractivity (Wildman–Crippen MR) is 83.3 cm³/mol. The number of nitrogens with one attached hydrogen (secondary N) is 1. The molecule has 2 rings (SSSR count). The maximum absolute atomic E-state index is 3.93. The lowest BCUT2D eigenvalue weighted by molar-refractivity contribution is 0.981. The summed E-state index contributed by atoms with van der Waals surface area (Å²) in [6.07, 6.45) is 4.72. The molecule has 1 unspecified atom stereocenters. The molecule has 0 aliphatic heterocycles. The van der Waals surface area contributed by atoms with E-state index in [9.17, 15) is 0 Å². The fourth-order valence-corrected chi connectivity index (χ4v) is 2.10. The highest BCUT2D eigenvalue weighted by molar-refractivity contribution is 5.54. The van der Waals surface area contributed by atoms with Crippen molar-refractivity contribution < 1.29 is 0 Å². The Morgan fingerprint density at radius 1 is 0.947 bits per heavy atom. The summed E-state index contributed by atoms with van der Waals surface area (Å²) < 4.78 is 0. The molecule has 2 aromatic rings. The lowest BCUT2D eigenvalue weighted by Gasteiger charge is -2.19. The Hall–Kier alpha value is -2.28. The molecule has 1 N–H and O–H groups in total. The van der Waals surface area contributed by atoms with Crippen LogP contribution in [0.2, 0.25) is 0 Å². The van der Waals surface area contributed by atoms with Gasteiger partial charge in [0.1, 0.15) is 0 Å². The normalized spacial score (nSPS) is 11.6. The third-order valence-corrected chi connectivity index (χ3v) is 3.09. The number of allylic oxidation sites excluding steroid dienone is 1. The Kier molecular flexibility index (Phi) is 4.57. The van der Waals surface area contributed by atoms with Crippen molar-refractivity contribution in [3.8, 4) is 0 Å². The summed E-state index contributed by atoms with van der Waals surface area (Å²) in [7, 11) is 0. The van der Waals surface area contributed by atoms with Crippen molar-refractivity contribution >= 4 is 5.69 Å². The monoisotopic (exact) mass is 249 g/mol. The van der Waals surface area contributed by atoms with Crippen molar-refractivity contribution in [3.05, 3.63) is 91.0 Å². The number of benzene rings is 2. The van der Waals surface area contributed by atoms with Gasteiger partial charge in [-0.1, -0.05) is 60.7 Å². The molecule has 0 spiro atoms. The van der Waals surface area contributed by atoms with E-state index in [0.29, 0.717) is 0 Å². The average molecular weight is 249 g/mol. The summed E-state index contributed by atoms with van der Waals surface area (Å²) in [5.74, 6) is 0. The molecule has 0 fully saturated rings. The Balaban J connectivity index is 2.24. The van der Waals surface area contributed by atoms with Crippen LogP contribution in [0.15, 0.2) is 79.9 Å². The quantitative estimate of drug-likeness (QED) is 0.728. The number of anilines is 1. The van der Waals surface area contributed by atoms with Gasteiger partial charge in [0.05, 0.1) is 6.04 Å². The zero-order valence-electron chi connectivity index (χ0n) is 11.0. The van der Waals surface area contributed by atoms with Gasteiger partial charge in [-0.2, -0.15) is 0 Å². The third kappa shape index (κ3) is 3.35. The molecule has 1 atom stereocenters. The van der Waals surface area contributed by atoms with Gasteiger partial charge in [-0.05, 0) is 23.6 Å². The van der Waals surface area contributed by atoms with Crippen LogP contribution in [0.25, 0.3) is 0 Å². The average Bonchev–Trinajstić information content (AvgIpc) is 2.47. The maximum Gasteiger partial charge on any atom is 0.0695 e. The molecule has 0 saturated carbocycles. The molecular formula is C18H19N. The highest BCUT2D eigenvalue weighted by Crippen LogP contribution is 2.23. The summed E-state index contributed by atoms with van der Waals surface area (Å²) in [5.41, 5.74) is 3.60. The van der Waals surface area contributed by atoms with E-state index >= 15 is 0 Å². The van der Waals surface area contributed by atoms with Crippen LogP contribution < -0.4 is 5.32 Å². The molecule has 0 aliphatic rings. The SMILES string of the molecule is C=CCc1ccccc1NC(C=C)c1ccccc1. The van der Waals surface area contributed by atoms with E-state index in [1.54, 1.807) is 0 Å². The standard InChI is InChI=1S/C18H19N/c1-3-10-15-13-8-9-14-18(15)19-17(4-2)16-11-6-5-7-12-16/h3-9,11-14,17,19H,1-2,10H2. The molecule has 0 heterocycles. The maximum atomic E-state index is 3.93. The molecular weight excluding hydrogens is 230 g/mol. The van der Waals surface area contributed by atoms with Crippen LogP contribution in [-0.4, -0.2) is 0 Å². The lowest BCUT2D eigenvalue weighted by Crippen LogP contribution is -2.09. The topological polar surface area (TPSA) is 12.0 Å². The molecule has 1 heteroatoms. The van der Waals surface area contributed by atoms with E-state index in [-0.39, 0.29) is 6.04 Å². The molecule has 0 saturated heterocycles. The van der Waals surface area contributed by atoms with Gasteiger partial charge < -0.3 is 5.32 Å². The first-order valence-corrected chi connectivity index (χ1v) is 6.48. The minimum Gasteiger partial charge on any atom is -0.375 e. The molecule has 96 valence electrons. The predicted octanol–water partition coefficient (Wildman–Crippen LogP) is 4.75. The molecule has 0 radical (unpaired) electrons. The van der Waals surface area contributed by atoms with E-state index in [2.05, 4.69) is 48.8 Å². The van der Waals surface area contributed by atoms with E-state index in [1.807, 2.05) is 36.4 Å². The molecule has 1 nitrogen and oxygen atoms in total. The van der Waals surface area contributed by atoms with Crippen LogP contribution in [0.3, 0.4) is 0 Å². The van der Waals surface area contributed by atoms with E-state index in [4.69, 9.17) is 0 Å². The fraction of sp³-hybridized carbons (Fsp3) is 0.111. The Morgan fingerprint density at radius 2 is 1.63 bits per heavy atom. The number of para-hydroxylation sites is 1. The number of hydrogen-bond donors (Lipinski definition) is 1. The van der Waals surface area contributed by atoms with Gasteiger partial charge in [0.2, 0.25) is 0 Å². The largest absolute Gasteiger partial charge is 0.375 e. The smallest absolute Gasteiger partial charge is 0.0695 e. The van der Waals surface area contributed by atoms with Crippen LogP contribution in [0.1, 0.15) is 17.2 Å². The first kappa shape index (κ1) is 13.2. The second-order valence-electron chi connectivity index (χ2n) is 4.42. The van der Waals surface area contributed by atoms with Crippen molar-refractivity contribution in [2.75, 3.05) is 5.32 Å². The summed E-state index contributed by atoms with van der Waals surface area (Å²) >= 11 is 0. The van der Waals surface area contributed by atoms with Crippen LogP contribution in [-0.2, 0) is 6.42 Å². The highest BCUT2D eigenvalue weighted by Gasteiger charge is 2.08. The van der Waals surface area contributed by atoms with Crippen molar-refractivity contribution in [1.29, 1.82) is 0 Å². The van der Waals surface area contributed by atoms with Gasteiger partial charge in [0.15, 0.2) is 0 Å². The fourth-order valence-electron chi connectivity index (χ4n) is 2.10. The Bertz CT molecular complexity index is 543. The molecule has 2 aromatic carbocycles. The van der Waals surface area contributed by atoms with Crippen molar-refractivity contribution in [1.82, 2.24) is 0 Å².